The molecule has 19 heavy (non-hydrogen) atoms. The van der Waals surface area contributed by atoms with Crippen LogP contribution < -0.4 is 5.32 Å². The molecule has 3 nitrogen and oxygen atoms in total. The van der Waals surface area contributed by atoms with Gasteiger partial charge in [0.15, 0.2) is 0 Å². The van der Waals surface area contributed by atoms with Crippen LogP contribution in [-0.2, 0) is 0 Å². The third kappa shape index (κ3) is 3.57. The molecule has 4 heteroatoms. The zero-order valence-corrected chi connectivity index (χ0v) is 12.7. The zero-order chi connectivity index (χ0) is 13.9. The van der Waals surface area contributed by atoms with Crippen molar-refractivity contribution in [3.63, 3.8) is 0 Å². The molecule has 2 unspecified atom stereocenters. The third-order valence-corrected chi connectivity index (χ3v) is 4.41. The number of hydrogen-bond donors (Lipinski definition) is 2. The van der Waals surface area contributed by atoms with Gasteiger partial charge in [-0.05, 0) is 43.0 Å². The van der Waals surface area contributed by atoms with Gasteiger partial charge in [0.1, 0.15) is 0 Å². The maximum atomic E-state index is 12.3. The van der Waals surface area contributed by atoms with Gasteiger partial charge < -0.3 is 10.4 Å². The van der Waals surface area contributed by atoms with E-state index in [-0.39, 0.29) is 12.5 Å². The van der Waals surface area contributed by atoms with Gasteiger partial charge in [-0.2, -0.15) is 0 Å². The number of aliphatic hydroxyl groups is 1. The summed E-state index contributed by atoms with van der Waals surface area (Å²) in [5.74, 6) is 0.446. The summed E-state index contributed by atoms with van der Waals surface area (Å²) in [6.07, 6.45) is 3.94. The largest absolute Gasteiger partial charge is 0.394 e. The Morgan fingerprint density at radius 3 is 2.74 bits per heavy atom. The number of aliphatic hydroxyl groups excluding tert-OH is 1. The Kier molecular flexibility index (Phi) is 4.63. The van der Waals surface area contributed by atoms with Gasteiger partial charge in [0.2, 0.25) is 0 Å². The van der Waals surface area contributed by atoms with E-state index in [0.717, 1.165) is 23.7 Å². The Morgan fingerprint density at radius 2 is 2.16 bits per heavy atom. The lowest BCUT2D eigenvalue weighted by Crippen LogP contribution is -2.53. The Morgan fingerprint density at radius 1 is 1.47 bits per heavy atom. The van der Waals surface area contributed by atoms with Crippen LogP contribution in [0.1, 0.15) is 43.0 Å². The molecule has 1 aliphatic carbocycles. The number of amides is 1. The molecule has 2 rings (SSSR count). The minimum Gasteiger partial charge on any atom is -0.394 e. The highest BCUT2D eigenvalue weighted by Gasteiger charge is 2.35. The zero-order valence-electron chi connectivity index (χ0n) is 11.2. The third-order valence-electron chi connectivity index (χ3n) is 3.88. The highest BCUT2D eigenvalue weighted by molar-refractivity contribution is 9.10. The van der Waals surface area contributed by atoms with Gasteiger partial charge in [0.05, 0.1) is 12.1 Å². The number of nitrogens with one attached hydrogen (secondary N) is 1. The molecule has 1 aromatic carbocycles. The van der Waals surface area contributed by atoms with E-state index in [0.29, 0.717) is 11.5 Å². The van der Waals surface area contributed by atoms with Crippen molar-refractivity contribution in [3.8, 4) is 0 Å². The van der Waals surface area contributed by atoms with Gasteiger partial charge in [-0.1, -0.05) is 35.7 Å². The molecule has 0 radical (unpaired) electrons. The Hall–Kier alpha value is -0.870. The van der Waals surface area contributed by atoms with Crippen molar-refractivity contribution < 1.29 is 9.90 Å². The fourth-order valence-electron chi connectivity index (χ4n) is 2.87. The molecule has 0 aliphatic heterocycles. The molecule has 1 fully saturated rings. The number of hydrogen-bond acceptors (Lipinski definition) is 2. The minimum absolute atomic E-state index is 0.0135. The van der Waals surface area contributed by atoms with E-state index in [2.05, 4.69) is 28.2 Å². The first kappa shape index (κ1) is 14.5. The lowest BCUT2D eigenvalue weighted by molar-refractivity contribution is 0.0697. The average molecular weight is 326 g/mol. The van der Waals surface area contributed by atoms with E-state index in [1.807, 2.05) is 12.1 Å². The van der Waals surface area contributed by atoms with E-state index in [9.17, 15) is 9.90 Å². The molecule has 1 aromatic rings. The fourth-order valence-corrected chi connectivity index (χ4v) is 3.14. The van der Waals surface area contributed by atoms with Crippen LogP contribution >= 0.6 is 15.9 Å². The lowest BCUT2D eigenvalue weighted by atomic mass is 9.76. The SMILES string of the molecule is CC1CCCC(CO)(NC(=O)c2ccc(Br)cc2)C1. The summed E-state index contributed by atoms with van der Waals surface area (Å²) < 4.78 is 0.951. The van der Waals surface area contributed by atoms with E-state index in [1.54, 1.807) is 12.1 Å². The van der Waals surface area contributed by atoms with Crippen molar-refractivity contribution >= 4 is 21.8 Å². The number of halogens is 1. The van der Waals surface area contributed by atoms with E-state index in [1.165, 1.54) is 6.42 Å². The van der Waals surface area contributed by atoms with Gasteiger partial charge in [-0.25, -0.2) is 0 Å². The summed E-state index contributed by atoms with van der Waals surface area (Å²) in [6.45, 7) is 2.19. The van der Waals surface area contributed by atoms with E-state index in [4.69, 9.17) is 0 Å². The molecule has 0 aromatic heterocycles. The summed E-state index contributed by atoms with van der Waals surface area (Å²) in [5.41, 5.74) is 0.191. The lowest BCUT2D eigenvalue weighted by Gasteiger charge is -2.39. The molecule has 1 aliphatic rings. The second-order valence-electron chi connectivity index (χ2n) is 5.60. The van der Waals surface area contributed by atoms with Crippen LogP contribution in [0.15, 0.2) is 28.7 Å². The first-order chi connectivity index (χ1) is 9.04. The predicted molar refractivity (Wildman–Crippen MR) is 79.1 cm³/mol. The molecule has 0 bridgehead atoms. The average Bonchev–Trinajstić information content (AvgIpc) is 2.39. The Balaban J connectivity index is 2.09. The highest BCUT2D eigenvalue weighted by atomic mass is 79.9. The molecule has 104 valence electrons. The van der Waals surface area contributed by atoms with Crippen molar-refractivity contribution in [1.82, 2.24) is 5.32 Å². The van der Waals surface area contributed by atoms with Crippen LogP contribution in [0.25, 0.3) is 0 Å². The normalized spacial score (nSPS) is 27.0. The molecular weight excluding hydrogens is 306 g/mol. The summed E-state index contributed by atoms with van der Waals surface area (Å²) in [5, 5.41) is 12.7. The summed E-state index contributed by atoms with van der Waals surface area (Å²) in [4.78, 5) is 12.3. The second-order valence-corrected chi connectivity index (χ2v) is 6.52. The van der Waals surface area contributed by atoms with E-state index >= 15 is 0 Å². The van der Waals surface area contributed by atoms with Crippen LogP contribution in [0.4, 0.5) is 0 Å². The van der Waals surface area contributed by atoms with Gasteiger partial charge >= 0.3 is 0 Å². The summed E-state index contributed by atoms with van der Waals surface area (Å²) >= 11 is 3.35. The van der Waals surface area contributed by atoms with Gasteiger partial charge in [0, 0.05) is 10.0 Å². The smallest absolute Gasteiger partial charge is 0.251 e. The van der Waals surface area contributed by atoms with Crippen molar-refractivity contribution in [2.75, 3.05) is 6.61 Å². The number of carbonyl (C=O) groups excluding carboxylic acids is 1. The van der Waals surface area contributed by atoms with Crippen LogP contribution in [0, 0.1) is 5.92 Å². The standard InChI is InChI=1S/C15H20BrNO2/c1-11-3-2-8-15(9-11,10-18)17-14(19)12-4-6-13(16)7-5-12/h4-7,11,18H,2-3,8-10H2,1H3,(H,17,19). The van der Waals surface area contributed by atoms with Gasteiger partial charge in [-0.15, -0.1) is 0 Å². The maximum Gasteiger partial charge on any atom is 0.251 e. The summed E-state index contributed by atoms with van der Waals surface area (Å²) in [7, 11) is 0. The van der Waals surface area contributed by atoms with Gasteiger partial charge in [0.25, 0.3) is 5.91 Å². The van der Waals surface area contributed by atoms with Crippen molar-refractivity contribution in [3.05, 3.63) is 34.3 Å². The molecule has 0 heterocycles. The monoisotopic (exact) mass is 325 g/mol. The minimum atomic E-state index is -0.443. The number of benzene rings is 1. The first-order valence-corrected chi connectivity index (χ1v) is 7.53. The van der Waals surface area contributed by atoms with Gasteiger partial charge in [-0.3, -0.25) is 4.79 Å². The van der Waals surface area contributed by atoms with Crippen LogP contribution in [0.5, 0.6) is 0 Å². The van der Waals surface area contributed by atoms with Crippen LogP contribution in [-0.4, -0.2) is 23.2 Å². The predicted octanol–water partition coefficient (Wildman–Crippen LogP) is 3.12. The Bertz CT molecular complexity index is 446. The van der Waals surface area contributed by atoms with Crippen LogP contribution in [0.2, 0.25) is 0 Å². The molecule has 2 atom stereocenters. The Labute approximate surface area is 122 Å². The molecule has 2 N–H and O–H groups in total. The maximum absolute atomic E-state index is 12.3. The highest BCUT2D eigenvalue weighted by Crippen LogP contribution is 2.32. The summed E-state index contributed by atoms with van der Waals surface area (Å²) in [6, 6.07) is 7.28. The number of rotatable bonds is 3. The van der Waals surface area contributed by atoms with E-state index < -0.39 is 5.54 Å². The molecular formula is C15H20BrNO2. The molecule has 1 saturated carbocycles. The molecule has 0 spiro atoms. The first-order valence-electron chi connectivity index (χ1n) is 6.74. The molecule has 0 saturated heterocycles. The molecule has 1 amide bonds. The topological polar surface area (TPSA) is 49.3 Å². The quantitative estimate of drug-likeness (QED) is 0.897. The number of carbonyl (C=O) groups is 1. The van der Waals surface area contributed by atoms with Crippen LogP contribution in [0.3, 0.4) is 0 Å². The van der Waals surface area contributed by atoms with Crippen molar-refractivity contribution in [1.29, 1.82) is 0 Å². The second kappa shape index (κ2) is 6.06. The fraction of sp³-hybridized carbons (Fsp3) is 0.533. The van der Waals surface area contributed by atoms with Crippen molar-refractivity contribution in [2.24, 2.45) is 5.92 Å². The van der Waals surface area contributed by atoms with Crippen molar-refractivity contribution in [2.45, 2.75) is 38.1 Å².